The number of halogens is 4. The molecule has 0 unspecified atom stereocenters. The second-order valence-corrected chi connectivity index (χ2v) is 9.28. The van der Waals surface area contributed by atoms with E-state index < -0.39 is 56.7 Å². The third kappa shape index (κ3) is 4.92. The van der Waals surface area contributed by atoms with Gasteiger partial charge in [-0.2, -0.15) is 5.10 Å². The van der Waals surface area contributed by atoms with Gasteiger partial charge in [0.25, 0.3) is 15.9 Å². The Kier molecular flexibility index (Phi) is 5.99. The topological polar surface area (TPSA) is 99.0 Å². The first kappa shape index (κ1) is 23.0. The van der Waals surface area contributed by atoms with Crippen LogP contribution in [0, 0.1) is 11.6 Å². The number of sulfonamides is 1. The number of aryl methyl sites for hydroxylation is 1. The van der Waals surface area contributed by atoms with Gasteiger partial charge in [0.2, 0.25) is 0 Å². The molecule has 2 heterocycles. The lowest BCUT2D eigenvalue weighted by Gasteiger charge is -2.36. The maximum atomic E-state index is 14.7. The van der Waals surface area contributed by atoms with E-state index in [4.69, 9.17) is 4.74 Å². The van der Waals surface area contributed by atoms with Gasteiger partial charge in [0.1, 0.15) is 35.6 Å². The van der Waals surface area contributed by atoms with E-state index >= 15 is 0 Å². The van der Waals surface area contributed by atoms with Crippen LogP contribution in [0.4, 0.5) is 23.4 Å². The van der Waals surface area contributed by atoms with Crippen molar-refractivity contribution in [1.29, 1.82) is 0 Å². The first-order valence-electron chi connectivity index (χ1n) is 9.86. The zero-order valence-corrected chi connectivity index (χ0v) is 18.1. The fourth-order valence-corrected chi connectivity index (χ4v) is 5.01. The van der Waals surface area contributed by atoms with Gasteiger partial charge >= 0.3 is 0 Å². The number of nitrogens with one attached hydrogen (secondary N) is 1. The number of rotatable bonds is 6. The zero-order valence-electron chi connectivity index (χ0n) is 17.3. The summed E-state index contributed by atoms with van der Waals surface area (Å²) in [5.74, 6) is -6.97. The molecule has 0 bridgehead atoms. The molecule has 0 saturated heterocycles. The molecule has 8 nitrogen and oxygen atoms in total. The minimum atomic E-state index is -4.67. The lowest BCUT2D eigenvalue weighted by molar-refractivity contribution is -0.0781. The summed E-state index contributed by atoms with van der Waals surface area (Å²) in [7, 11) is -3.02. The second kappa shape index (κ2) is 8.61. The Balaban J connectivity index is 1.62. The van der Waals surface area contributed by atoms with Crippen molar-refractivity contribution in [1.82, 2.24) is 19.7 Å². The van der Waals surface area contributed by atoms with Crippen LogP contribution in [-0.4, -0.2) is 40.2 Å². The summed E-state index contributed by atoms with van der Waals surface area (Å²) in [5.41, 5.74) is 0.643. The molecule has 1 aliphatic rings. The molecule has 1 aromatic carbocycles. The van der Waals surface area contributed by atoms with Crippen molar-refractivity contribution in [2.24, 2.45) is 7.05 Å². The Bertz CT molecular complexity index is 1230. The van der Waals surface area contributed by atoms with E-state index in [1.54, 1.807) is 13.1 Å². The van der Waals surface area contributed by atoms with Crippen LogP contribution < -0.4 is 9.46 Å². The predicted octanol–water partition coefficient (Wildman–Crippen LogP) is 3.64. The Morgan fingerprint density at radius 2 is 1.91 bits per heavy atom. The fraction of sp³-hybridized carbons (Fsp3) is 0.350. The molecule has 0 amide bonds. The molecule has 13 heteroatoms. The number of anilines is 1. The van der Waals surface area contributed by atoms with Crippen LogP contribution in [0.3, 0.4) is 0 Å². The number of aromatic nitrogens is 4. The van der Waals surface area contributed by atoms with Crippen molar-refractivity contribution in [3.8, 4) is 5.75 Å². The second-order valence-electron chi connectivity index (χ2n) is 7.66. The molecule has 1 N–H and O–H groups in total. The molecular weight excluding hydrogens is 466 g/mol. The van der Waals surface area contributed by atoms with Crippen molar-refractivity contribution >= 4 is 15.8 Å². The van der Waals surface area contributed by atoms with Crippen molar-refractivity contribution in [2.75, 3.05) is 4.72 Å². The quantitative estimate of drug-likeness (QED) is 0.536. The molecule has 0 spiro atoms. The van der Waals surface area contributed by atoms with E-state index in [0.717, 1.165) is 6.33 Å². The third-order valence-electron chi connectivity index (χ3n) is 5.36. The normalized spacial score (nSPS) is 20.4. The molecule has 0 aliphatic heterocycles. The van der Waals surface area contributed by atoms with E-state index in [-0.39, 0.29) is 18.7 Å². The summed E-state index contributed by atoms with van der Waals surface area (Å²) in [6, 6.07) is 4.18. The summed E-state index contributed by atoms with van der Waals surface area (Å²) >= 11 is 0. The Hall–Kier alpha value is -3.22. The number of ether oxygens (including phenoxy) is 1. The number of benzene rings is 1. The number of hydrogen-bond acceptors (Lipinski definition) is 6. The van der Waals surface area contributed by atoms with Gasteiger partial charge in [0.05, 0.1) is 0 Å². The van der Waals surface area contributed by atoms with E-state index in [9.17, 15) is 26.0 Å². The third-order valence-corrected chi connectivity index (χ3v) is 6.76. The summed E-state index contributed by atoms with van der Waals surface area (Å²) in [4.78, 5) is 6.02. The molecule has 1 saturated carbocycles. The van der Waals surface area contributed by atoms with Crippen molar-refractivity contribution in [3.63, 3.8) is 0 Å². The van der Waals surface area contributed by atoms with E-state index in [2.05, 4.69) is 15.1 Å². The maximum Gasteiger partial charge on any atom is 0.268 e. The minimum Gasteiger partial charge on any atom is -0.489 e. The molecule has 33 heavy (non-hydrogen) atoms. The average molecular weight is 485 g/mol. The van der Waals surface area contributed by atoms with Crippen LogP contribution in [0.2, 0.25) is 0 Å². The first-order valence-corrected chi connectivity index (χ1v) is 11.3. The summed E-state index contributed by atoms with van der Waals surface area (Å²) in [5, 5.41) is 4.04. The fourth-order valence-electron chi connectivity index (χ4n) is 3.88. The lowest BCUT2D eigenvalue weighted by Crippen LogP contribution is -2.39. The van der Waals surface area contributed by atoms with Crippen LogP contribution in [0.25, 0.3) is 0 Å². The van der Waals surface area contributed by atoms with E-state index in [1.165, 1.54) is 23.1 Å². The minimum absolute atomic E-state index is 0.0808. The van der Waals surface area contributed by atoms with E-state index in [0.29, 0.717) is 17.8 Å². The highest BCUT2D eigenvalue weighted by Gasteiger charge is 2.44. The van der Waals surface area contributed by atoms with Crippen molar-refractivity contribution in [2.45, 2.75) is 42.1 Å². The van der Waals surface area contributed by atoms with Crippen LogP contribution in [0.5, 0.6) is 5.75 Å². The monoisotopic (exact) mass is 485 g/mol. The molecule has 1 fully saturated rings. The SMILES string of the molecule is Cn1nccc1[C@H]1CCC(F)(F)C[C@@H]1Oc1cc(F)c(S(=O)(=O)Nc2ccncn2)c(F)c1. The Labute approximate surface area is 186 Å². The number of nitrogens with zero attached hydrogens (tertiary/aromatic N) is 4. The molecular formula is C20H19F4N5O3S. The molecule has 176 valence electrons. The molecule has 4 rings (SSSR count). The van der Waals surface area contributed by atoms with Gasteiger partial charge in [-0.15, -0.1) is 0 Å². The smallest absolute Gasteiger partial charge is 0.268 e. The molecule has 3 aromatic rings. The summed E-state index contributed by atoms with van der Waals surface area (Å²) in [6.07, 6.45) is 1.76. The highest BCUT2D eigenvalue weighted by atomic mass is 32.2. The number of hydrogen-bond donors (Lipinski definition) is 1. The van der Waals surface area contributed by atoms with Gasteiger partial charge in [-0.3, -0.25) is 9.40 Å². The Morgan fingerprint density at radius 1 is 1.18 bits per heavy atom. The van der Waals surface area contributed by atoms with Gasteiger partial charge in [0.15, 0.2) is 4.90 Å². The molecule has 2 aromatic heterocycles. The van der Waals surface area contributed by atoms with Crippen LogP contribution in [0.15, 0.2) is 47.9 Å². The average Bonchev–Trinajstić information content (AvgIpc) is 3.13. The molecule has 2 atom stereocenters. The van der Waals surface area contributed by atoms with Gasteiger partial charge in [-0.1, -0.05) is 0 Å². The van der Waals surface area contributed by atoms with Gasteiger partial charge in [0, 0.05) is 56.0 Å². The van der Waals surface area contributed by atoms with Crippen molar-refractivity contribution < 1.29 is 30.7 Å². The van der Waals surface area contributed by atoms with Crippen LogP contribution in [0.1, 0.15) is 30.9 Å². The van der Waals surface area contributed by atoms with Gasteiger partial charge < -0.3 is 4.74 Å². The number of alkyl halides is 2. The first-order chi connectivity index (χ1) is 15.6. The summed E-state index contributed by atoms with van der Waals surface area (Å²) < 4.78 is 91.7. The zero-order chi connectivity index (χ0) is 23.8. The maximum absolute atomic E-state index is 14.7. The van der Waals surface area contributed by atoms with E-state index in [1.807, 2.05) is 4.72 Å². The highest BCUT2D eigenvalue weighted by molar-refractivity contribution is 7.92. The van der Waals surface area contributed by atoms with Gasteiger partial charge in [-0.05, 0) is 18.6 Å². The largest absolute Gasteiger partial charge is 0.489 e. The molecule has 0 radical (unpaired) electrons. The van der Waals surface area contributed by atoms with Crippen LogP contribution in [-0.2, 0) is 17.1 Å². The molecule has 1 aliphatic carbocycles. The Morgan fingerprint density at radius 3 is 2.52 bits per heavy atom. The highest BCUT2D eigenvalue weighted by Crippen LogP contribution is 2.43. The van der Waals surface area contributed by atoms with Gasteiger partial charge in [-0.25, -0.2) is 35.9 Å². The standard InChI is InChI=1S/C20H19F4N5O3S/c1-29-16(3-7-27-29)13-2-5-20(23,24)10-17(13)32-12-8-14(21)19(15(22)9-12)33(30,31)28-18-4-6-25-11-26-18/h3-4,6-9,11,13,17H,2,5,10H2,1H3,(H,25,26,28)/t13-,17+/m1/s1. The summed E-state index contributed by atoms with van der Waals surface area (Å²) in [6.45, 7) is 0. The predicted molar refractivity (Wildman–Crippen MR) is 108 cm³/mol. The van der Waals surface area contributed by atoms with Crippen LogP contribution >= 0.6 is 0 Å². The lowest BCUT2D eigenvalue weighted by atomic mass is 9.82. The van der Waals surface area contributed by atoms with Crippen molar-refractivity contribution in [3.05, 3.63) is 60.3 Å².